The lowest BCUT2D eigenvalue weighted by atomic mass is 10.1. The van der Waals surface area contributed by atoms with Crippen molar-refractivity contribution in [3.8, 4) is 0 Å². The van der Waals surface area contributed by atoms with Gasteiger partial charge in [-0.1, -0.05) is 36.4 Å². The Morgan fingerprint density at radius 3 is 1.82 bits per heavy atom. The van der Waals surface area contributed by atoms with Gasteiger partial charge in [-0.25, -0.2) is 0 Å². The lowest BCUT2D eigenvalue weighted by Gasteiger charge is -2.23. The van der Waals surface area contributed by atoms with Crippen LogP contribution in [0.2, 0.25) is 0 Å². The molecule has 0 unspecified atom stereocenters. The van der Waals surface area contributed by atoms with Gasteiger partial charge in [0.25, 0.3) is 0 Å². The maximum Gasteiger partial charge on any atom is 0.0842 e. The normalized spacial score (nSPS) is 11.5. The van der Waals surface area contributed by atoms with Gasteiger partial charge in [-0.15, -0.1) is 0 Å². The van der Waals surface area contributed by atoms with E-state index in [4.69, 9.17) is 0 Å². The van der Waals surface area contributed by atoms with Gasteiger partial charge in [0.2, 0.25) is 0 Å². The van der Waals surface area contributed by atoms with Gasteiger partial charge in [0.05, 0.1) is 24.6 Å². The Kier molecular flexibility index (Phi) is 5.40. The molecule has 0 fully saturated rings. The van der Waals surface area contributed by atoms with Crippen LogP contribution < -0.4 is 0 Å². The molecule has 0 nitrogen and oxygen atoms in total. The Labute approximate surface area is 107 Å². The molecule has 94 valence electrons. The van der Waals surface area contributed by atoms with Gasteiger partial charge in [0.15, 0.2) is 0 Å². The van der Waals surface area contributed by atoms with E-state index >= 15 is 0 Å². The molecule has 1 aromatic rings. The fraction of sp³-hybridized carbons (Fsp3) is 0.500. The number of allylic oxidation sites excluding steroid dienone is 1. The lowest BCUT2D eigenvalue weighted by molar-refractivity contribution is 1.22. The Hall–Kier alpha value is -0.610. The van der Waals surface area contributed by atoms with Crippen LogP contribution in [0.25, 0.3) is 5.57 Å². The molecular formula is C16H26P+. The van der Waals surface area contributed by atoms with Crippen molar-refractivity contribution < 1.29 is 0 Å². The molecule has 0 aliphatic heterocycles. The first-order valence-electron chi connectivity index (χ1n) is 6.66. The summed E-state index contributed by atoms with van der Waals surface area (Å²) in [5, 5.41) is 0. The number of benzene rings is 1. The SMILES string of the molecule is C=C(C)c1ccc(C[P+](CC)(CC)CC)cc1. The Morgan fingerprint density at radius 2 is 1.47 bits per heavy atom. The van der Waals surface area contributed by atoms with E-state index in [-0.39, 0.29) is 0 Å². The van der Waals surface area contributed by atoms with E-state index in [1.54, 1.807) is 0 Å². The molecule has 0 bridgehead atoms. The first-order chi connectivity index (χ1) is 8.06. The first-order valence-corrected chi connectivity index (χ1v) is 9.19. The van der Waals surface area contributed by atoms with Gasteiger partial charge < -0.3 is 0 Å². The van der Waals surface area contributed by atoms with Crippen LogP contribution in [-0.4, -0.2) is 18.5 Å². The zero-order chi connectivity index (χ0) is 12.9. The topological polar surface area (TPSA) is 0 Å². The first kappa shape index (κ1) is 14.5. The molecule has 0 aliphatic rings. The minimum absolute atomic E-state index is 0.722. The van der Waals surface area contributed by atoms with E-state index in [0.29, 0.717) is 0 Å². The molecule has 0 aliphatic carbocycles. The highest BCUT2D eigenvalue weighted by atomic mass is 31.2. The average Bonchev–Trinajstić information content (AvgIpc) is 2.37. The van der Waals surface area contributed by atoms with Crippen LogP contribution in [0.1, 0.15) is 38.8 Å². The van der Waals surface area contributed by atoms with Crippen molar-refractivity contribution in [1.29, 1.82) is 0 Å². The molecule has 0 atom stereocenters. The maximum atomic E-state index is 3.99. The Balaban J connectivity index is 2.84. The van der Waals surface area contributed by atoms with Crippen molar-refractivity contribution in [3.05, 3.63) is 42.0 Å². The minimum atomic E-state index is -0.722. The van der Waals surface area contributed by atoms with E-state index in [0.717, 1.165) is 5.57 Å². The fourth-order valence-corrected chi connectivity index (χ4v) is 5.29. The molecule has 0 N–H and O–H groups in total. The molecule has 1 rings (SSSR count). The van der Waals surface area contributed by atoms with Gasteiger partial charge in [-0.05, 0) is 38.8 Å². The third kappa shape index (κ3) is 3.68. The zero-order valence-corrected chi connectivity index (χ0v) is 12.7. The zero-order valence-electron chi connectivity index (χ0n) is 11.8. The summed E-state index contributed by atoms with van der Waals surface area (Å²) in [7, 11) is -0.722. The van der Waals surface area contributed by atoms with Crippen LogP contribution in [-0.2, 0) is 6.16 Å². The molecule has 0 saturated heterocycles. The lowest BCUT2D eigenvalue weighted by Crippen LogP contribution is -2.05. The summed E-state index contributed by atoms with van der Waals surface area (Å²) >= 11 is 0. The van der Waals surface area contributed by atoms with Gasteiger partial charge in [-0.2, -0.15) is 0 Å². The second-order valence-corrected chi connectivity index (χ2v) is 9.82. The highest BCUT2D eigenvalue weighted by molar-refractivity contribution is 7.75. The summed E-state index contributed by atoms with van der Waals surface area (Å²) in [5.41, 5.74) is 3.93. The van der Waals surface area contributed by atoms with Gasteiger partial charge in [-0.3, -0.25) is 0 Å². The van der Waals surface area contributed by atoms with E-state index in [1.807, 2.05) is 0 Å². The number of hydrogen-bond acceptors (Lipinski definition) is 0. The molecule has 0 saturated carbocycles. The van der Waals surface area contributed by atoms with Crippen molar-refractivity contribution in [1.82, 2.24) is 0 Å². The summed E-state index contributed by atoms with van der Waals surface area (Å²) in [6.07, 6.45) is 5.44. The summed E-state index contributed by atoms with van der Waals surface area (Å²) < 4.78 is 0. The third-order valence-electron chi connectivity index (χ3n) is 3.98. The minimum Gasteiger partial charge on any atom is -0.0955 e. The van der Waals surface area contributed by atoms with Crippen molar-refractivity contribution >= 4 is 12.8 Å². The van der Waals surface area contributed by atoms with E-state index < -0.39 is 7.26 Å². The largest absolute Gasteiger partial charge is 0.0955 e. The Bertz CT molecular complexity index is 349. The van der Waals surface area contributed by atoms with Crippen LogP contribution in [0.4, 0.5) is 0 Å². The predicted molar refractivity (Wildman–Crippen MR) is 83.4 cm³/mol. The maximum absolute atomic E-state index is 3.99. The molecule has 0 aromatic heterocycles. The van der Waals surface area contributed by atoms with E-state index in [2.05, 4.69) is 58.5 Å². The van der Waals surface area contributed by atoms with Crippen LogP contribution in [0.5, 0.6) is 0 Å². The van der Waals surface area contributed by atoms with Crippen molar-refractivity contribution in [2.24, 2.45) is 0 Å². The second kappa shape index (κ2) is 6.36. The molecule has 0 heterocycles. The van der Waals surface area contributed by atoms with Crippen LogP contribution in [0.15, 0.2) is 30.8 Å². The monoisotopic (exact) mass is 249 g/mol. The summed E-state index contributed by atoms with van der Waals surface area (Å²) in [4.78, 5) is 0. The molecular weight excluding hydrogens is 223 g/mol. The van der Waals surface area contributed by atoms with Crippen LogP contribution >= 0.6 is 7.26 Å². The quantitative estimate of drug-likeness (QED) is 0.600. The smallest absolute Gasteiger partial charge is 0.0842 e. The third-order valence-corrected chi connectivity index (χ3v) is 9.04. The van der Waals surface area contributed by atoms with Crippen molar-refractivity contribution in [2.75, 3.05) is 18.5 Å². The van der Waals surface area contributed by atoms with Crippen molar-refractivity contribution in [3.63, 3.8) is 0 Å². The fourth-order valence-electron chi connectivity index (χ4n) is 2.29. The molecule has 1 heteroatoms. The second-order valence-electron chi connectivity index (χ2n) is 4.93. The summed E-state index contributed by atoms with van der Waals surface area (Å²) in [6, 6.07) is 9.01. The van der Waals surface area contributed by atoms with Crippen LogP contribution in [0.3, 0.4) is 0 Å². The average molecular weight is 249 g/mol. The standard InChI is InChI=1S/C16H26P/c1-6-17(7-2,8-3)13-15-9-11-16(12-10-15)14(4)5/h9-12H,4,6-8,13H2,1-3,5H3/q+1. The molecule has 17 heavy (non-hydrogen) atoms. The van der Waals surface area contributed by atoms with Gasteiger partial charge in [0.1, 0.15) is 0 Å². The van der Waals surface area contributed by atoms with Gasteiger partial charge >= 0.3 is 0 Å². The number of rotatable bonds is 6. The molecule has 0 spiro atoms. The van der Waals surface area contributed by atoms with Crippen molar-refractivity contribution in [2.45, 2.75) is 33.9 Å². The molecule has 0 amide bonds. The van der Waals surface area contributed by atoms with E-state index in [9.17, 15) is 0 Å². The molecule has 1 aromatic carbocycles. The summed E-state index contributed by atoms with van der Waals surface area (Å²) in [5.74, 6) is 0. The number of hydrogen-bond donors (Lipinski definition) is 0. The predicted octanol–water partition coefficient (Wildman–Crippen LogP) is 5.30. The van der Waals surface area contributed by atoms with Crippen LogP contribution in [0, 0.1) is 0 Å². The van der Waals surface area contributed by atoms with E-state index in [1.165, 1.54) is 35.8 Å². The Morgan fingerprint density at radius 1 is 1.00 bits per heavy atom. The highest BCUT2D eigenvalue weighted by Crippen LogP contribution is 2.60. The van der Waals surface area contributed by atoms with Gasteiger partial charge in [0, 0.05) is 7.26 Å². The molecule has 0 radical (unpaired) electrons. The highest BCUT2D eigenvalue weighted by Gasteiger charge is 2.31. The summed E-state index contributed by atoms with van der Waals surface area (Å²) in [6.45, 7) is 13.1.